The first-order valence-electron chi connectivity index (χ1n) is 8.59. The van der Waals surface area contributed by atoms with Crippen LogP contribution in [0, 0.1) is 23.2 Å². The Hall–Kier alpha value is -0.0800. The molecule has 0 aromatic carbocycles. The van der Waals surface area contributed by atoms with Gasteiger partial charge in [-0.25, -0.2) is 0 Å². The van der Waals surface area contributed by atoms with Gasteiger partial charge in [-0.15, -0.1) is 0 Å². The molecule has 5 fully saturated rings. The van der Waals surface area contributed by atoms with Crippen molar-refractivity contribution < 1.29 is 0 Å². The summed E-state index contributed by atoms with van der Waals surface area (Å²) in [7, 11) is 2.41. The zero-order valence-electron chi connectivity index (χ0n) is 12.8. The van der Waals surface area contributed by atoms with Gasteiger partial charge in [0.1, 0.15) is 0 Å². The topological polar surface area (TPSA) is 15.3 Å². The van der Waals surface area contributed by atoms with E-state index >= 15 is 0 Å². The van der Waals surface area contributed by atoms with Crippen LogP contribution in [0.1, 0.15) is 51.9 Å². The highest BCUT2D eigenvalue weighted by molar-refractivity contribution is 5.14. The van der Waals surface area contributed by atoms with E-state index in [2.05, 4.69) is 24.2 Å². The quantitative estimate of drug-likeness (QED) is 0.823. The van der Waals surface area contributed by atoms with E-state index in [1.54, 1.807) is 38.5 Å². The molecule has 5 rings (SSSR count). The molecular formula is C17H30N2. The fourth-order valence-corrected chi connectivity index (χ4v) is 6.93. The molecule has 0 aromatic rings. The second-order valence-corrected chi connectivity index (χ2v) is 8.18. The third-order valence-corrected chi connectivity index (χ3v) is 7.38. The molecule has 1 unspecified atom stereocenters. The first-order chi connectivity index (χ1) is 9.17. The van der Waals surface area contributed by atoms with Crippen molar-refractivity contribution in [3.05, 3.63) is 0 Å². The zero-order chi connectivity index (χ0) is 13.1. The summed E-state index contributed by atoms with van der Waals surface area (Å²) in [4.78, 5) is 2.75. The summed E-state index contributed by atoms with van der Waals surface area (Å²) >= 11 is 0. The van der Waals surface area contributed by atoms with Crippen LogP contribution in [0.3, 0.4) is 0 Å². The predicted octanol–water partition coefficient (Wildman–Crippen LogP) is 2.89. The van der Waals surface area contributed by atoms with E-state index in [9.17, 15) is 0 Å². The largest absolute Gasteiger partial charge is 0.314 e. The van der Waals surface area contributed by atoms with Gasteiger partial charge < -0.3 is 5.32 Å². The van der Waals surface area contributed by atoms with E-state index in [0.29, 0.717) is 11.0 Å². The Morgan fingerprint density at radius 2 is 1.63 bits per heavy atom. The second kappa shape index (κ2) is 4.21. The van der Waals surface area contributed by atoms with Gasteiger partial charge in [-0.2, -0.15) is 0 Å². The predicted molar refractivity (Wildman–Crippen MR) is 79.1 cm³/mol. The first-order valence-corrected chi connectivity index (χ1v) is 8.59. The van der Waals surface area contributed by atoms with Gasteiger partial charge in [0.15, 0.2) is 0 Å². The summed E-state index contributed by atoms with van der Waals surface area (Å²) in [5.74, 6) is 3.22. The van der Waals surface area contributed by atoms with Crippen LogP contribution in [0.2, 0.25) is 0 Å². The third kappa shape index (κ3) is 1.62. The van der Waals surface area contributed by atoms with Crippen LogP contribution in [0.15, 0.2) is 0 Å². The van der Waals surface area contributed by atoms with Gasteiger partial charge in [-0.3, -0.25) is 4.90 Å². The molecule has 0 amide bonds. The van der Waals surface area contributed by atoms with Gasteiger partial charge in [0.05, 0.1) is 0 Å². The van der Waals surface area contributed by atoms with E-state index in [1.807, 2.05) is 0 Å². The lowest BCUT2D eigenvalue weighted by atomic mass is 9.43. The Morgan fingerprint density at radius 1 is 1.05 bits per heavy atom. The molecule has 1 aliphatic heterocycles. The third-order valence-electron chi connectivity index (χ3n) is 7.38. The van der Waals surface area contributed by atoms with Crippen LogP contribution < -0.4 is 5.32 Å². The normalized spacial score (nSPS) is 53.7. The monoisotopic (exact) mass is 262 g/mol. The lowest BCUT2D eigenvalue weighted by molar-refractivity contribution is -0.151. The number of hydrogen-bond acceptors (Lipinski definition) is 2. The van der Waals surface area contributed by atoms with Crippen molar-refractivity contribution in [2.45, 2.75) is 57.4 Å². The van der Waals surface area contributed by atoms with Crippen molar-refractivity contribution >= 4 is 0 Å². The highest BCUT2D eigenvalue weighted by atomic mass is 15.3. The Morgan fingerprint density at radius 3 is 2.11 bits per heavy atom. The number of likely N-dealkylation sites (N-methyl/N-ethyl adjacent to an activating group) is 1. The number of nitrogens with zero attached hydrogens (tertiary/aromatic N) is 1. The molecule has 1 N–H and O–H groups in total. The lowest BCUT2D eigenvalue weighted by Gasteiger charge is -2.67. The van der Waals surface area contributed by atoms with Gasteiger partial charge in [-0.1, -0.05) is 6.92 Å². The average Bonchev–Trinajstić information content (AvgIpc) is 2.37. The molecule has 2 heteroatoms. The number of hydrogen-bond donors (Lipinski definition) is 1. The number of rotatable bonds is 2. The maximum atomic E-state index is 3.74. The van der Waals surface area contributed by atoms with Crippen molar-refractivity contribution in [3.8, 4) is 0 Å². The molecule has 4 bridgehead atoms. The SMILES string of the molecule is CCC1(C23CC4CC(CC(C4)C2)C3)CNCCN1C. The minimum atomic E-state index is 0.460. The molecule has 1 atom stereocenters. The minimum absolute atomic E-state index is 0.460. The van der Waals surface area contributed by atoms with Crippen molar-refractivity contribution in [2.24, 2.45) is 23.2 Å². The van der Waals surface area contributed by atoms with Gasteiger partial charge in [-0.05, 0) is 75.2 Å². The van der Waals surface area contributed by atoms with Gasteiger partial charge in [0.25, 0.3) is 0 Å². The molecule has 19 heavy (non-hydrogen) atoms. The fourth-order valence-electron chi connectivity index (χ4n) is 6.93. The first kappa shape index (κ1) is 12.6. The van der Waals surface area contributed by atoms with E-state index in [0.717, 1.165) is 17.8 Å². The Balaban J connectivity index is 1.72. The molecular weight excluding hydrogens is 232 g/mol. The Labute approximate surface area is 118 Å². The molecule has 4 saturated carbocycles. The van der Waals surface area contributed by atoms with Crippen molar-refractivity contribution in [1.29, 1.82) is 0 Å². The molecule has 1 saturated heterocycles. The standard InChI is InChI=1S/C17H30N2/c1-3-17(12-18-4-5-19(17)2)16-9-13-6-14(10-16)8-15(7-13)11-16/h13-15,18H,3-12H2,1-2H3. The van der Waals surface area contributed by atoms with Crippen LogP contribution in [-0.2, 0) is 0 Å². The molecule has 0 aromatic heterocycles. The van der Waals surface area contributed by atoms with Crippen molar-refractivity contribution in [2.75, 3.05) is 26.7 Å². The van der Waals surface area contributed by atoms with Crippen LogP contribution in [0.5, 0.6) is 0 Å². The van der Waals surface area contributed by atoms with E-state index in [-0.39, 0.29) is 0 Å². The zero-order valence-corrected chi connectivity index (χ0v) is 12.8. The van der Waals surface area contributed by atoms with Crippen LogP contribution in [0.4, 0.5) is 0 Å². The summed E-state index contributed by atoms with van der Waals surface area (Å²) in [6, 6.07) is 0. The smallest absolute Gasteiger partial charge is 0.0385 e. The molecule has 4 aliphatic carbocycles. The molecule has 0 radical (unpaired) electrons. The van der Waals surface area contributed by atoms with E-state index in [4.69, 9.17) is 0 Å². The number of piperazine rings is 1. The van der Waals surface area contributed by atoms with Gasteiger partial charge >= 0.3 is 0 Å². The van der Waals surface area contributed by atoms with Crippen molar-refractivity contribution in [3.63, 3.8) is 0 Å². The number of nitrogens with one attached hydrogen (secondary N) is 1. The maximum absolute atomic E-state index is 3.74. The average molecular weight is 262 g/mol. The maximum Gasteiger partial charge on any atom is 0.0385 e. The minimum Gasteiger partial charge on any atom is -0.314 e. The van der Waals surface area contributed by atoms with Gasteiger partial charge in [0.2, 0.25) is 0 Å². The van der Waals surface area contributed by atoms with Crippen molar-refractivity contribution in [1.82, 2.24) is 10.2 Å². The van der Waals surface area contributed by atoms with Gasteiger partial charge in [0, 0.05) is 25.2 Å². The Kier molecular flexibility index (Phi) is 2.80. The van der Waals surface area contributed by atoms with Crippen LogP contribution >= 0.6 is 0 Å². The lowest BCUT2D eigenvalue weighted by Crippen LogP contribution is -2.70. The second-order valence-electron chi connectivity index (χ2n) is 8.18. The molecule has 5 aliphatic rings. The van der Waals surface area contributed by atoms with Crippen LogP contribution in [-0.4, -0.2) is 37.1 Å². The molecule has 0 spiro atoms. The highest BCUT2D eigenvalue weighted by Gasteiger charge is 2.61. The summed E-state index contributed by atoms with van der Waals surface area (Å²) in [5.41, 5.74) is 1.11. The molecule has 2 nitrogen and oxygen atoms in total. The highest BCUT2D eigenvalue weighted by Crippen LogP contribution is 2.65. The summed E-state index contributed by atoms with van der Waals surface area (Å²) in [6.07, 6.45) is 10.7. The fraction of sp³-hybridized carbons (Fsp3) is 1.00. The van der Waals surface area contributed by atoms with E-state index in [1.165, 1.54) is 26.1 Å². The summed E-state index contributed by atoms with van der Waals surface area (Å²) in [6.45, 7) is 6.12. The summed E-state index contributed by atoms with van der Waals surface area (Å²) in [5, 5.41) is 3.74. The molecule has 108 valence electrons. The van der Waals surface area contributed by atoms with Crippen LogP contribution in [0.25, 0.3) is 0 Å². The summed E-state index contributed by atoms with van der Waals surface area (Å²) < 4.78 is 0. The van der Waals surface area contributed by atoms with E-state index < -0.39 is 0 Å². The Bertz CT molecular complexity index is 329. The molecule has 1 heterocycles.